The SMILES string of the molecule is C[C@H](C(=O)Nc1cc(Cl)ccc1Cl)n1cnc2scc(-c3ccc(F)cc3)c2c1=O. The summed E-state index contributed by atoms with van der Waals surface area (Å²) in [5.41, 5.74) is 1.33. The van der Waals surface area contributed by atoms with Gasteiger partial charge in [0.15, 0.2) is 0 Å². The quantitative estimate of drug-likeness (QED) is 0.419. The largest absolute Gasteiger partial charge is 0.323 e. The van der Waals surface area contributed by atoms with Gasteiger partial charge in [-0.15, -0.1) is 11.3 Å². The molecule has 0 radical (unpaired) electrons. The zero-order valence-electron chi connectivity index (χ0n) is 15.5. The molecule has 4 aromatic rings. The van der Waals surface area contributed by atoms with Gasteiger partial charge in [0.25, 0.3) is 5.56 Å². The van der Waals surface area contributed by atoms with E-state index >= 15 is 0 Å². The third-order valence-corrected chi connectivity index (χ3v) is 6.11. The highest BCUT2D eigenvalue weighted by Crippen LogP contribution is 2.31. The van der Waals surface area contributed by atoms with Crippen molar-refractivity contribution in [1.29, 1.82) is 0 Å². The molecule has 0 saturated heterocycles. The second kappa shape index (κ2) is 8.18. The number of carbonyl (C=O) groups is 1. The molecule has 1 N–H and O–H groups in total. The van der Waals surface area contributed by atoms with Crippen molar-refractivity contribution in [1.82, 2.24) is 9.55 Å². The summed E-state index contributed by atoms with van der Waals surface area (Å²) < 4.78 is 14.5. The van der Waals surface area contributed by atoms with Crippen molar-refractivity contribution in [2.45, 2.75) is 13.0 Å². The molecule has 0 spiro atoms. The van der Waals surface area contributed by atoms with Crippen LogP contribution in [0.5, 0.6) is 0 Å². The molecule has 0 bridgehead atoms. The third-order valence-electron chi connectivity index (χ3n) is 4.66. The molecule has 2 heterocycles. The number of aromatic nitrogens is 2. The highest BCUT2D eigenvalue weighted by Gasteiger charge is 2.21. The fraction of sp³-hybridized carbons (Fsp3) is 0.0952. The van der Waals surface area contributed by atoms with Gasteiger partial charge in [0.1, 0.15) is 16.7 Å². The summed E-state index contributed by atoms with van der Waals surface area (Å²) in [6, 6.07) is 9.73. The van der Waals surface area contributed by atoms with Gasteiger partial charge < -0.3 is 5.32 Å². The Balaban J connectivity index is 1.72. The number of hydrogen-bond donors (Lipinski definition) is 1. The van der Waals surface area contributed by atoms with E-state index in [-0.39, 0.29) is 11.4 Å². The minimum absolute atomic E-state index is 0.331. The average Bonchev–Trinajstić information content (AvgIpc) is 3.16. The average molecular weight is 462 g/mol. The van der Waals surface area contributed by atoms with Crippen molar-refractivity contribution < 1.29 is 9.18 Å². The summed E-state index contributed by atoms with van der Waals surface area (Å²) in [5.74, 6) is -0.806. The van der Waals surface area contributed by atoms with Gasteiger partial charge in [0.05, 0.1) is 22.4 Å². The Bertz CT molecular complexity index is 1320. The van der Waals surface area contributed by atoms with Gasteiger partial charge in [0, 0.05) is 16.0 Å². The van der Waals surface area contributed by atoms with Crippen LogP contribution in [0.15, 0.2) is 59.0 Å². The van der Waals surface area contributed by atoms with E-state index in [1.54, 1.807) is 36.6 Å². The van der Waals surface area contributed by atoms with Gasteiger partial charge in [0.2, 0.25) is 5.91 Å². The van der Waals surface area contributed by atoms with Gasteiger partial charge in [-0.1, -0.05) is 35.3 Å². The molecule has 4 rings (SSSR count). The maximum Gasteiger partial charge on any atom is 0.263 e. The lowest BCUT2D eigenvalue weighted by Crippen LogP contribution is -2.31. The standard InChI is InChI=1S/C21H14Cl2FN3O2S/c1-11(19(28)26-17-8-13(22)4-7-16(17)23)27-10-25-20-18(21(27)29)15(9-30-20)12-2-5-14(24)6-3-12/h2-11H,1H3,(H,26,28)/t11-/m1/s1. The van der Waals surface area contributed by atoms with Crippen molar-refractivity contribution in [3.63, 3.8) is 0 Å². The first-order valence-corrected chi connectivity index (χ1v) is 10.5. The minimum atomic E-state index is -0.856. The molecule has 0 unspecified atom stereocenters. The molecule has 2 aromatic carbocycles. The molecule has 0 fully saturated rings. The van der Waals surface area contributed by atoms with Crippen LogP contribution in [0.1, 0.15) is 13.0 Å². The summed E-state index contributed by atoms with van der Waals surface area (Å²) in [6.45, 7) is 1.59. The molecule has 30 heavy (non-hydrogen) atoms. The fourth-order valence-electron chi connectivity index (χ4n) is 3.02. The number of fused-ring (bicyclic) bond motifs is 1. The Labute approximate surface area is 184 Å². The molecule has 2 aromatic heterocycles. The minimum Gasteiger partial charge on any atom is -0.323 e. The number of rotatable bonds is 4. The van der Waals surface area contributed by atoms with Crippen LogP contribution < -0.4 is 10.9 Å². The van der Waals surface area contributed by atoms with E-state index in [0.29, 0.717) is 37.1 Å². The Morgan fingerprint density at radius 2 is 1.93 bits per heavy atom. The molecule has 1 atom stereocenters. The predicted molar refractivity (Wildman–Crippen MR) is 119 cm³/mol. The highest BCUT2D eigenvalue weighted by atomic mass is 35.5. The maximum atomic E-state index is 13.3. The van der Waals surface area contributed by atoms with Crippen molar-refractivity contribution in [2.24, 2.45) is 0 Å². The molecule has 0 aliphatic rings. The van der Waals surface area contributed by atoms with Crippen LogP contribution in [-0.2, 0) is 4.79 Å². The molecule has 0 aliphatic carbocycles. The Kier molecular flexibility index (Phi) is 5.60. The summed E-state index contributed by atoms with van der Waals surface area (Å²) in [7, 11) is 0. The molecule has 1 amide bonds. The Hall–Kier alpha value is -2.74. The van der Waals surface area contributed by atoms with E-state index in [1.807, 2.05) is 0 Å². The van der Waals surface area contributed by atoms with Gasteiger partial charge in [-0.05, 0) is 42.8 Å². The first-order valence-electron chi connectivity index (χ1n) is 8.85. The molecule has 0 saturated carbocycles. The maximum absolute atomic E-state index is 13.3. The van der Waals surface area contributed by atoms with Crippen molar-refractivity contribution in [3.05, 3.63) is 80.4 Å². The summed E-state index contributed by atoms with van der Waals surface area (Å²) in [5, 5.41) is 5.62. The summed E-state index contributed by atoms with van der Waals surface area (Å²) in [6.07, 6.45) is 1.35. The number of thiophene rings is 1. The first-order chi connectivity index (χ1) is 14.3. The van der Waals surface area contributed by atoms with E-state index in [1.165, 1.54) is 40.4 Å². The van der Waals surface area contributed by atoms with E-state index in [4.69, 9.17) is 23.2 Å². The van der Waals surface area contributed by atoms with Crippen molar-refractivity contribution in [3.8, 4) is 11.1 Å². The Morgan fingerprint density at radius 1 is 1.20 bits per heavy atom. The number of carbonyl (C=O) groups excluding carboxylic acids is 1. The second-order valence-corrected chi connectivity index (χ2v) is 8.28. The smallest absolute Gasteiger partial charge is 0.263 e. The molecular formula is C21H14Cl2FN3O2S. The topological polar surface area (TPSA) is 64.0 Å². The lowest BCUT2D eigenvalue weighted by atomic mass is 10.1. The van der Waals surface area contributed by atoms with Crippen molar-refractivity contribution in [2.75, 3.05) is 5.32 Å². The van der Waals surface area contributed by atoms with Gasteiger partial charge >= 0.3 is 0 Å². The highest BCUT2D eigenvalue weighted by molar-refractivity contribution is 7.17. The molecule has 152 valence electrons. The van der Waals surface area contributed by atoms with Crippen molar-refractivity contribution >= 4 is 56.3 Å². The molecule has 9 heteroatoms. The lowest BCUT2D eigenvalue weighted by Gasteiger charge is -2.16. The van der Waals surface area contributed by atoms with Crippen LogP contribution in [0, 0.1) is 5.82 Å². The summed E-state index contributed by atoms with van der Waals surface area (Å²) >= 11 is 13.4. The molecule has 0 aliphatic heterocycles. The van der Waals surface area contributed by atoms with Gasteiger partial charge in [-0.25, -0.2) is 9.37 Å². The number of amides is 1. The van der Waals surface area contributed by atoms with Crippen LogP contribution in [0.4, 0.5) is 10.1 Å². The first kappa shape index (κ1) is 20.5. The molecular weight excluding hydrogens is 448 g/mol. The van der Waals surface area contributed by atoms with Crippen LogP contribution in [0.25, 0.3) is 21.3 Å². The van der Waals surface area contributed by atoms with E-state index in [2.05, 4.69) is 10.3 Å². The molecule has 5 nitrogen and oxygen atoms in total. The van der Waals surface area contributed by atoms with Crippen LogP contribution in [0.2, 0.25) is 10.0 Å². The number of anilines is 1. The summed E-state index contributed by atoms with van der Waals surface area (Å²) in [4.78, 5) is 30.8. The van der Waals surface area contributed by atoms with E-state index < -0.39 is 11.9 Å². The number of benzene rings is 2. The Morgan fingerprint density at radius 3 is 2.67 bits per heavy atom. The van der Waals surface area contributed by atoms with E-state index in [9.17, 15) is 14.0 Å². The monoisotopic (exact) mass is 461 g/mol. The van der Waals surface area contributed by atoms with Crippen LogP contribution >= 0.6 is 34.5 Å². The third kappa shape index (κ3) is 3.84. The number of nitrogens with zero attached hydrogens (tertiary/aromatic N) is 2. The lowest BCUT2D eigenvalue weighted by molar-refractivity contribution is -0.118. The second-order valence-electron chi connectivity index (χ2n) is 6.58. The van der Waals surface area contributed by atoms with Gasteiger partial charge in [-0.2, -0.15) is 0 Å². The predicted octanol–water partition coefficient (Wildman–Crippen LogP) is 5.77. The number of hydrogen-bond acceptors (Lipinski definition) is 4. The van der Waals surface area contributed by atoms with Gasteiger partial charge in [-0.3, -0.25) is 14.2 Å². The van der Waals surface area contributed by atoms with Crippen LogP contribution in [-0.4, -0.2) is 15.5 Å². The normalized spacial score (nSPS) is 12.1. The number of nitrogens with one attached hydrogen (secondary N) is 1. The van der Waals surface area contributed by atoms with E-state index in [0.717, 1.165) is 0 Å². The zero-order valence-corrected chi connectivity index (χ0v) is 17.9. The fourth-order valence-corrected chi connectivity index (χ4v) is 4.26. The zero-order chi connectivity index (χ0) is 21.4. The van der Waals surface area contributed by atoms with Crippen LogP contribution in [0.3, 0.4) is 0 Å². The number of halogens is 3.